The van der Waals surface area contributed by atoms with Crippen LogP contribution in [0.15, 0.2) is 41.3 Å². The van der Waals surface area contributed by atoms with Gasteiger partial charge in [-0.2, -0.15) is 0 Å². The smallest absolute Gasteiger partial charge is 0.262 e. The van der Waals surface area contributed by atoms with Crippen molar-refractivity contribution < 1.29 is 17.9 Å². The minimum Gasteiger partial charge on any atom is -0.482 e. The first kappa shape index (κ1) is 15.9. The number of rotatable bonds is 3. The van der Waals surface area contributed by atoms with E-state index in [0.29, 0.717) is 17.1 Å². The van der Waals surface area contributed by atoms with E-state index in [0.717, 1.165) is 0 Å². The maximum Gasteiger partial charge on any atom is 0.262 e. The minimum atomic E-state index is -3.83. The molecular formula is C14H10Cl2N2O4S. The zero-order valence-corrected chi connectivity index (χ0v) is 13.8. The van der Waals surface area contributed by atoms with Gasteiger partial charge in [0.15, 0.2) is 6.61 Å². The molecule has 1 heterocycles. The molecule has 23 heavy (non-hydrogen) atoms. The molecule has 2 N–H and O–H groups in total. The van der Waals surface area contributed by atoms with Crippen LogP contribution in [0.3, 0.4) is 0 Å². The monoisotopic (exact) mass is 372 g/mol. The van der Waals surface area contributed by atoms with Gasteiger partial charge in [0, 0.05) is 6.07 Å². The van der Waals surface area contributed by atoms with Crippen LogP contribution in [0, 0.1) is 0 Å². The fraction of sp³-hybridized carbons (Fsp3) is 0.0714. The van der Waals surface area contributed by atoms with Crippen molar-refractivity contribution >= 4 is 50.5 Å². The summed E-state index contributed by atoms with van der Waals surface area (Å²) in [6.07, 6.45) is 0. The third-order valence-corrected chi connectivity index (χ3v) is 5.19. The lowest BCUT2D eigenvalue weighted by Crippen LogP contribution is -2.25. The molecule has 9 heteroatoms. The first-order valence-electron chi connectivity index (χ1n) is 6.40. The van der Waals surface area contributed by atoms with Gasteiger partial charge >= 0.3 is 0 Å². The summed E-state index contributed by atoms with van der Waals surface area (Å²) in [6.45, 7) is -0.115. The van der Waals surface area contributed by atoms with Crippen LogP contribution in [0.1, 0.15) is 0 Å². The number of fused-ring (bicyclic) bond motifs is 1. The van der Waals surface area contributed by atoms with Gasteiger partial charge in [0.2, 0.25) is 0 Å². The molecule has 1 amide bonds. The average molecular weight is 373 g/mol. The number of sulfonamides is 1. The molecule has 3 rings (SSSR count). The summed E-state index contributed by atoms with van der Waals surface area (Å²) in [7, 11) is -3.83. The topological polar surface area (TPSA) is 84.5 Å². The molecule has 0 saturated carbocycles. The highest BCUT2D eigenvalue weighted by Crippen LogP contribution is 2.32. The Kier molecular flexibility index (Phi) is 4.09. The second-order valence-electron chi connectivity index (χ2n) is 4.73. The van der Waals surface area contributed by atoms with Gasteiger partial charge in [-0.15, -0.1) is 0 Å². The number of hydrogen-bond acceptors (Lipinski definition) is 4. The lowest BCUT2D eigenvalue weighted by atomic mass is 10.2. The van der Waals surface area contributed by atoms with Crippen LogP contribution in [-0.4, -0.2) is 20.9 Å². The summed E-state index contributed by atoms with van der Waals surface area (Å²) in [4.78, 5) is 11.2. The molecule has 0 saturated heterocycles. The number of halogens is 2. The predicted octanol–water partition coefficient (Wildman–Crippen LogP) is 3.13. The highest BCUT2D eigenvalue weighted by atomic mass is 35.5. The predicted molar refractivity (Wildman–Crippen MR) is 87.8 cm³/mol. The van der Waals surface area contributed by atoms with Crippen molar-refractivity contribution in [3.05, 3.63) is 46.4 Å². The van der Waals surface area contributed by atoms with Crippen molar-refractivity contribution in [1.29, 1.82) is 0 Å². The Balaban J connectivity index is 1.88. The van der Waals surface area contributed by atoms with Gasteiger partial charge in [-0.05, 0) is 30.3 Å². The fourth-order valence-electron chi connectivity index (χ4n) is 2.00. The Labute approximate surface area is 142 Å². The molecule has 2 aromatic rings. The summed E-state index contributed by atoms with van der Waals surface area (Å²) in [5.74, 6) is 0.126. The molecule has 6 nitrogen and oxygen atoms in total. The molecule has 1 aliphatic rings. The third-order valence-electron chi connectivity index (χ3n) is 3.07. The van der Waals surface area contributed by atoms with Gasteiger partial charge in [-0.1, -0.05) is 23.2 Å². The van der Waals surface area contributed by atoms with E-state index in [1.54, 1.807) is 6.07 Å². The molecule has 0 spiro atoms. The zero-order valence-electron chi connectivity index (χ0n) is 11.5. The van der Waals surface area contributed by atoms with Gasteiger partial charge in [0.05, 0.1) is 26.3 Å². The van der Waals surface area contributed by atoms with Crippen LogP contribution < -0.4 is 14.8 Å². The lowest BCUT2D eigenvalue weighted by Gasteiger charge is -2.19. The van der Waals surface area contributed by atoms with E-state index < -0.39 is 10.0 Å². The zero-order chi connectivity index (χ0) is 16.6. The van der Waals surface area contributed by atoms with Gasteiger partial charge in [0.1, 0.15) is 5.75 Å². The highest BCUT2D eigenvalue weighted by Gasteiger charge is 2.19. The van der Waals surface area contributed by atoms with E-state index in [1.165, 1.54) is 30.3 Å². The van der Waals surface area contributed by atoms with Crippen molar-refractivity contribution in [3.8, 4) is 5.75 Å². The molecule has 0 fully saturated rings. The normalized spacial score (nSPS) is 13.7. The average Bonchev–Trinajstić information content (AvgIpc) is 2.49. The van der Waals surface area contributed by atoms with Crippen LogP contribution in [-0.2, 0) is 14.8 Å². The van der Waals surface area contributed by atoms with Crippen molar-refractivity contribution in [2.24, 2.45) is 0 Å². The Morgan fingerprint density at radius 1 is 1.09 bits per heavy atom. The van der Waals surface area contributed by atoms with Gasteiger partial charge in [-0.25, -0.2) is 8.42 Å². The van der Waals surface area contributed by atoms with Gasteiger partial charge < -0.3 is 10.1 Å². The van der Waals surface area contributed by atoms with E-state index in [1.807, 2.05) is 0 Å². The van der Waals surface area contributed by atoms with Crippen LogP contribution in [0.5, 0.6) is 5.75 Å². The number of carbonyl (C=O) groups excluding carboxylic acids is 1. The summed E-state index contributed by atoms with van der Waals surface area (Å²) in [5.41, 5.74) is 0.782. The molecule has 0 unspecified atom stereocenters. The number of benzene rings is 2. The standard InChI is InChI=1S/C14H10Cl2N2O4S/c15-10-3-2-9(6-11(10)16)23(20,21)18-8-1-4-12-13(5-8)22-7-14(19)17-12/h1-6,18H,7H2,(H,17,19). The van der Waals surface area contributed by atoms with Gasteiger partial charge in [-0.3, -0.25) is 9.52 Å². The third kappa shape index (κ3) is 3.36. The Morgan fingerprint density at radius 3 is 2.61 bits per heavy atom. The molecule has 0 aliphatic carbocycles. The maximum atomic E-state index is 12.4. The maximum absolute atomic E-state index is 12.4. The van der Waals surface area contributed by atoms with Crippen LogP contribution >= 0.6 is 23.2 Å². The summed E-state index contributed by atoms with van der Waals surface area (Å²) in [5, 5.41) is 3.03. The van der Waals surface area contributed by atoms with Crippen LogP contribution in [0.25, 0.3) is 0 Å². The second-order valence-corrected chi connectivity index (χ2v) is 7.23. The molecule has 2 aromatic carbocycles. The summed E-state index contributed by atoms with van der Waals surface area (Å²) >= 11 is 11.6. The van der Waals surface area contributed by atoms with E-state index in [2.05, 4.69) is 10.0 Å². The number of carbonyl (C=O) groups is 1. The number of ether oxygens (including phenoxy) is 1. The number of nitrogens with one attached hydrogen (secondary N) is 2. The van der Waals surface area contributed by atoms with Crippen LogP contribution in [0.4, 0.5) is 11.4 Å². The Hall–Kier alpha value is -1.96. The molecule has 1 aliphatic heterocycles. The largest absolute Gasteiger partial charge is 0.482 e. The molecule has 0 aromatic heterocycles. The molecular weight excluding hydrogens is 363 g/mol. The van der Waals surface area contributed by atoms with Crippen molar-refractivity contribution in [2.45, 2.75) is 4.90 Å². The van der Waals surface area contributed by atoms with E-state index in [9.17, 15) is 13.2 Å². The molecule has 0 radical (unpaired) electrons. The summed E-state index contributed by atoms with van der Waals surface area (Å²) < 4.78 is 32.4. The van der Waals surface area contributed by atoms with Crippen molar-refractivity contribution in [3.63, 3.8) is 0 Å². The first-order valence-corrected chi connectivity index (χ1v) is 8.64. The quantitative estimate of drug-likeness (QED) is 0.866. The molecule has 120 valence electrons. The van der Waals surface area contributed by atoms with E-state index in [-0.39, 0.29) is 27.5 Å². The second kappa shape index (κ2) is 5.92. The van der Waals surface area contributed by atoms with Crippen LogP contribution in [0.2, 0.25) is 10.0 Å². The van der Waals surface area contributed by atoms with Crippen molar-refractivity contribution in [1.82, 2.24) is 0 Å². The number of anilines is 2. The molecule has 0 atom stereocenters. The van der Waals surface area contributed by atoms with Gasteiger partial charge in [0.25, 0.3) is 15.9 Å². The Bertz CT molecular complexity index is 900. The lowest BCUT2D eigenvalue weighted by molar-refractivity contribution is -0.118. The SMILES string of the molecule is O=C1COc2cc(NS(=O)(=O)c3ccc(Cl)c(Cl)c3)ccc2N1. The first-order chi connectivity index (χ1) is 10.8. The Morgan fingerprint density at radius 2 is 1.87 bits per heavy atom. The summed E-state index contributed by atoms with van der Waals surface area (Å²) in [6, 6.07) is 8.59. The number of hydrogen-bond donors (Lipinski definition) is 2. The highest BCUT2D eigenvalue weighted by molar-refractivity contribution is 7.92. The molecule has 0 bridgehead atoms. The van der Waals surface area contributed by atoms with E-state index >= 15 is 0 Å². The van der Waals surface area contributed by atoms with E-state index in [4.69, 9.17) is 27.9 Å². The fourth-order valence-corrected chi connectivity index (χ4v) is 3.43. The minimum absolute atomic E-state index is 0.0150. The number of amides is 1. The van der Waals surface area contributed by atoms with Crippen molar-refractivity contribution in [2.75, 3.05) is 16.6 Å².